The first-order valence-corrected chi connectivity index (χ1v) is 9.18. The first kappa shape index (κ1) is 18.9. The van der Waals surface area contributed by atoms with Crippen LogP contribution in [0, 0.1) is 5.82 Å². The fraction of sp³-hybridized carbons (Fsp3) is 0.182. The van der Waals surface area contributed by atoms with E-state index in [-0.39, 0.29) is 18.8 Å². The number of benzene rings is 2. The van der Waals surface area contributed by atoms with Crippen LogP contribution in [0.5, 0.6) is 11.5 Å². The van der Waals surface area contributed by atoms with Gasteiger partial charge in [0.15, 0.2) is 0 Å². The number of aliphatic carboxylic acids is 1. The number of hydrogen-bond acceptors (Lipinski definition) is 5. The number of carboxylic acid groups (broad SMARTS) is 1. The maximum Gasteiger partial charge on any atom is 0.326 e. The van der Waals surface area contributed by atoms with E-state index in [9.17, 15) is 19.4 Å². The molecule has 0 radical (unpaired) electrons. The lowest BCUT2D eigenvalue weighted by Gasteiger charge is -2.22. The molecule has 1 aromatic heterocycles. The summed E-state index contributed by atoms with van der Waals surface area (Å²) in [5.74, 6) is 0.347. The van der Waals surface area contributed by atoms with Gasteiger partial charge in [0.25, 0.3) is 0 Å². The number of anilines is 1. The molecule has 1 saturated heterocycles. The van der Waals surface area contributed by atoms with E-state index in [0.29, 0.717) is 23.0 Å². The zero-order valence-electron chi connectivity index (χ0n) is 15.4. The molecule has 0 saturated carbocycles. The molecule has 6 nitrogen and oxygen atoms in total. The third kappa shape index (κ3) is 4.20. The van der Waals surface area contributed by atoms with Gasteiger partial charge in [-0.05, 0) is 60.7 Å². The highest BCUT2D eigenvalue weighted by Gasteiger charge is 2.36. The summed E-state index contributed by atoms with van der Waals surface area (Å²) in [5.41, 5.74) is 1.52. The second-order valence-corrected chi connectivity index (χ2v) is 6.86. The standard InChI is InChI=1S/C22H19FN2O4/c23-15-6-10-18(11-7-15)29-17-8-4-14(5-9-17)19-2-1-3-21(24-19)25-13-16(26)12-20(25)22(27)28/h1-11,16,20,26H,12-13H2,(H,27,28)/t16-,20+/m1/s1. The van der Waals surface area contributed by atoms with E-state index in [1.165, 1.54) is 12.1 Å². The third-order valence-electron chi connectivity index (χ3n) is 4.79. The van der Waals surface area contributed by atoms with Crippen molar-refractivity contribution < 1.29 is 24.1 Å². The van der Waals surface area contributed by atoms with Gasteiger partial charge in [0.1, 0.15) is 29.2 Å². The Morgan fingerprint density at radius 3 is 2.34 bits per heavy atom. The van der Waals surface area contributed by atoms with Gasteiger partial charge in [-0.2, -0.15) is 0 Å². The molecule has 1 fully saturated rings. The molecule has 1 aliphatic heterocycles. The number of rotatable bonds is 5. The molecule has 2 atom stereocenters. The van der Waals surface area contributed by atoms with Gasteiger partial charge < -0.3 is 19.8 Å². The summed E-state index contributed by atoms with van der Waals surface area (Å²) in [4.78, 5) is 17.7. The number of halogens is 1. The van der Waals surface area contributed by atoms with Crippen molar-refractivity contribution in [3.05, 3.63) is 72.5 Å². The van der Waals surface area contributed by atoms with Gasteiger partial charge in [-0.25, -0.2) is 14.2 Å². The minimum atomic E-state index is -0.976. The van der Waals surface area contributed by atoms with Crippen LogP contribution in [-0.4, -0.2) is 39.9 Å². The van der Waals surface area contributed by atoms with E-state index in [1.807, 2.05) is 24.3 Å². The molecular weight excluding hydrogens is 375 g/mol. The van der Waals surface area contributed by atoms with Crippen molar-refractivity contribution in [1.29, 1.82) is 0 Å². The van der Waals surface area contributed by atoms with Gasteiger partial charge in [0, 0.05) is 18.5 Å². The van der Waals surface area contributed by atoms with Crippen LogP contribution >= 0.6 is 0 Å². The molecule has 4 rings (SSSR count). The van der Waals surface area contributed by atoms with Crippen molar-refractivity contribution in [3.63, 3.8) is 0 Å². The molecule has 2 aromatic carbocycles. The topological polar surface area (TPSA) is 82.9 Å². The number of carboxylic acids is 1. The van der Waals surface area contributed by atoms with Crippen LogP contribution in [0.1, 0.15) is 6.42 Å². The van der Waals surface area contributed by atoms with Crippen LogP contribution in [0.15, 0.2) is 66.7 Å². The van der Waals surface area contributed by atoms with Crippen molar-refractivity contribution in [3.8, 4) is 22.8 Å². The molecule has 0 bridgehead atoms. The summed E-state index contributed by atoms with van der Waals surface area (Å²) < 4.78 is 18.7. The van der Waals surface area contributed by atoms with Crippen molar-refractivity contribution in [2.75, 3.05) is 11.4 Å². The molecule has 29 heavy (non-hydrogen) atoms. The van der Waals surface area contributed by atoms with Crippen LogP contribution in [-0.2, 0) is 4.79 Å². The molecule has 0 spiro atoms. The minimum absolute atomic E-state index is 0.177. The van der Waals surface area contributed by atoms with Gasteiger partial charge in [0.2, 0.25) is 0 Å². The summed E-state index contributed by atoms with van der Waals surface area (Å²) in [5, 5.41) is 19.3. The summed E-state index contributed by atoms with van der Waals surface area (Å²) in [6.07, 6.45) is -0.513. The lowest BCUT2D eigenvalue weighted by Crippen LogP contribution is -2.36. The van der Waals surface area contributed by atoms with Gasteiger partial charge >= 0.3 is 5.97 Å². The lowest BCUT2D eigenvalue weighted by atomic mass is 10.1. The number of aromatic nitrogens is 1. The number of pyridine rings is 1. The Morgan fingerprint density at radius 1 is 1.03 bits per heavy atom. The Hall–Kier alpha value is -3.45. The molecule has 0 aliphatic carbocycles. The summed E-state index contributed by atoms with van der Waals surface area (Å²) in [6.45, 7) is 0.234. The lowest BCUT2D eigenvalue weighted by molar-refractivity contribution is -0.138. The molecular formula is C22H19FN2O4. The summed E-state index contributed by atoms with van der Waals surface area (Å²) in [6, 6.07) is 17.6. The van der Waals surface area contributed by atoms with Crippen LogP contribution < -0.4 is 9.64 Å². The maximum atomic E-state index is 13.0. The van der Waals surface area contributed by atoms with E-state index < -0.39 is 18.1 Å². The SMILES string of the molecule is O=C(O)[C@@H]1C[C@@H](O)CN1c1cccc(-c2ccc(Oc3ccc(F)cc3)cc2)n1. The number of carbonyl (C=O) groups is 1. The van der Waals surface area contributed by atoms with E-state index in [4.69, 9.17) is 4.74 Å². The average molecular weight is 394 g/mol. The number of aliphatic hydroxyl groups is 1. The predicted molar refractivity (Wildman–Crippen MR) is 106 cm³/mol. The van der Waals surface area contributed by atoms with E-state index in [0.717, 1.165) is 5.56 Å². The van der Waals surface area contributed by atoms with Crippen molar-refractivity contribution >= 4 is 11.8 Å². The first-order valence-electron chi connectivity index (χ1n) is 9.18. The molecule has 2 N–H and O–H groups in total. The molecule has 0 amide bonds. The second-order valence-electron chi connectivity index (χ2n) is 6.86. The fourth-order valence-electron chi connectivity index (χ4n) is 3.38. The zero-order valence-corrected chi connectivity index (χ0v) is 15.4. The Labute approximate surface area is 166 Å². The molecule has 7 heteroatoms. The highest BCUT2D eigenvalue weighted by molar-refractivity contribution is 5.79. The smallest absolute Gasteiger partial charge is 0.326 e. The van der Waals surface area contributed by atoms with E-state index in [2.05, 4.69) is 4.98 Å². The normalized spacial score (nSPS) is 18.6. The highest BCUT2D eigenvalue weighted by Crippen LogP contribution is 2.29. The minimum Gasteiger partial charge on any atom is -0.480 e. The largest absolute Gasteiger partial charge is 0.480 e. The molecule has 0 unspecified atom stereocenters. The Bertz CT molecular complexity index is 1010. The van der Waals surface area contributed by atoms with Crippen LogP contribution in [0.4, 0.5) is 10.2 Å². The molecule has 1 aliphatic rings. The summed E-state index contributed by atoms with van der Waals surface area (Å²) in [7, 11) is 0. The average Bonchev–Trinajstić information content (AvgIpc) is 3.13. The second kappa shape index (κ2) is 7.89. The fourth-order valence-corrected chi connectivity index (χ4v) is 3.38. The predicted octanol–water partition coefficient (Wildman–Crippen LogP) is 3.70. The maximum absolute atomic E-state index is 13.0. The third-order valence-corrected chi connectivity index (χ3v) is 4.79. The monoisotopic (exact) mass is 394 g/mol. The van der Waals surface area contributed by atoms with Crippen LogP contribution in [0.25, 0.3) is 11.3 Å². The van der Waals surface area contributed by atoms with E-state index in [1.54, 1.807) is 35.2 Å². The Balaban J connectivity index is 1.54. The zero-order chi connectivity index (χ0) is 20.4. The van der Waals surface area contributed by atoms with Crippen molar-refractivity contribution in [1.82, 2.24) is 4.98 Å². The van der Waals surface area contributed by atoms with Gasteiger partial charge in [-0.1, -0.05) is 6.07 Å². The van der Waals surface area contributed by atoms with Gasteiger partial charge in [-0.15, -0.1) is 0 Å². The Kier molecular flexibility index (Phi) is 5.14. The number of ether oxygens (including phenoxy) is 1. The Morgan fingerprint density at radius 2 is 1.69 bits per heavy atom. The number of aliphatic hydroxyl groups excluding tert-OH is 1. The summed E-state index contributed by atoms with van der Waals surface area (Å²) >= 11 is 0. The van der Waals surface area contributed by atoms with E-state index >= 15 is 0 Å². The van der Waals surface area contributed by atoms with Gasteiger partial charge in [-0.3, -0.25) is 0 Å². The van der Waals surface area contributed by atoms with Gasteiger partial charge in [0.05, 0.1) is 11.8 Å². The number of hydrogen-bond donors (Lipinski definition) is 2. The first-order chi connectivity index (χ1) is 14.0. The van der Waals surface area contributed by atoms with Crippen molar-refractivity contribution in [2.45, 2.75) is 18.6 Å². The quantitative estimate of drug-likeness (QED) is 0.687. The van der Waals surface area contributed by atoms with Crippen molar-refractivity contribution in [2.24, 2.45) is 0 Å². The van der Waals surface area contributed by atoms with Crippen LogP contribution in [0.3, 0.4) is 0 Å². The number of β-amino-alcohol motifs (C(OH)–C–C–N with tert-alkyl or cyclic N) is 1. The molecule has 3 aromatic rings. The van der Waals surface area contributed by atoms with Crippen LogP contribution in [0.2, 0.25) is 0 Å². The molecule has 2 heterocycles. The highest BCUT2D eigenvalue weighted by atomic mass is 19.1. The number of nitrogens with zero attached hydrogens (tertiary/aromatic N) is 2. The molecule has 148 valence electrons.